The quantitative estimate of drug-likeness (QED) is 0.177. The number of sulfonamides is 1. The third-order valence-corrected chi connectivity index (χ3v) is 7.50. The van der Waals surface area contributed by atoms with Crippen molar-refractivity contribution in [1.29, 1.82) is 0 Å². The van der Waals surface area contributed by atoms with Crippen LogP contribution in [0.4, 0.5) is 5.82 Å². The molecule has 0 unspecified atom stereocenters. The van der Waals surface area contributed by atoms with E-state index in [-0.39, 0.29) is 17.3 Å². The lowest BCUT2D eigenvalue weighted by Gasteiger charge is -2.10. The van der Waals surface area contributed by atoms with Crippen molar-refractivity contribution >= 4 is 44.2 Å². The first-order valence-corrected chi connectivity index (χ1v) is 14.6. The maximum atomic E-state index is 12.7. The molecule has 4 N–H and O–H groups in total. The number of aryl methyl sites for hydroxylation is 1. The Morgan fingerprint density at radius 2 is 1.88 bits per heavy atom. The fourth-order valence-corrected chi connectivity index (χ4v) is 4.99. The molecule has 0 aliphatic rings. The number of carbonyl (C=O) groups is 1. The second-order valence-electron chi connectivity index (χ2n) is 9.15. The van der Waals surface area contributed by atoms with E-state index in [4.69, 9.17) is 22.1 Å². The number of nitrogens with one attached hydrogen (secondary N) is 2. The Morgan fingerprint density at radius 1 is 1.12 bits per heavy atom. The third kappa shape index (κ3) is 9.22. The number of hydrogen-bond acceptors (Lipinski definition) is 7. The standard InChI is InChI=1S/C28H35ClN6O4S/c1-20(30)27-28(34-21(2)29)35(19-32-27)15-6-4-5-10-26(36)31-17-22-11-13-25(14-12-22)40(37,38)33-18-23-8-7-9-24(16-23)39-3/h7-9,11-14,16,19,33H,1,4-6,10,15,17-18,30H2,2-3H3,(H,31,36). The van der Waals surface area contributed by atoms with E-state index in [2.05, 4.69) is 26.6 Å². The maximum Gasteiger partial charge on any atom is 0.240 e. The molecule has 1 heterocycles. The van der Waals surface area contributed by atoms with Crippen molar-refractivity contribution in [2.75, 3.05) is 7.11 Å². The number of amides is 1. The van der Waals surface area contributed by atoms with Gasteiger partial charge in [0.15, 0.2) is 5.82 Å². The summed E-state index contributed by atoms with van der Waals surface area (Å²) in [6.07, 6.45) is 4.43. The summed E-state index contributed by atoms with van der Waals surface area (Å²) in [5.74, 6) is 1.17. The molecule has 0 saturated heterocycles. The molecule has 0 aliphatic heterocycles. The van der Waals surface area contributed by atoms with Crippen LogP contribution >= 0.6 is 11.6 Å². The SMILES string of the molecule is C=C(N)c1ncn(CCCCCC(=O)NCc2ccc(S(=O)(=O)NCc3cccc(OC)c3)cc2)c1N=C(C)Cl. The van der Waals surface area contributed by atoms with Crippen molar-refractivity contribution in [3.8, 4) is 5.75 Å². The summed E-state index contributed by atoms with van der Waals surface area (Å²) >= 11 is 5.94. The number of rotatable bonds is 15. The van der Waals surface area contributed by atoms with Crippen LogP contribution in [-0.2, 0) is 34.5 Å². The van der Waals surface area contributed by atoms with E-state index in [1.54, 1.807) is 50.7 Å². The van der Waals surface area contributed by atoms with Crippen LogP contribution in [0, 0.1) is 0 Å². The Hall–Kier alpha value is -3.67. The molecule has 1 amide bonds. The van der Waals surface area contributed by atoms with Crippen molar-refractivity contribution in [2.24, 2.45) is 10.7 Å². The van der Waals surface area contributed by atoms with E-state index in [1.165, 1.54) is 12.1 Å². The molecule has 0 bridgehead atoms. The Labute approximate surface area is 240 Å². The third-order valence-electron chi connectivity index (χ3n) is 6.00. The van der Waals surface area contributed by atoms with Crippen LogP contribution in [0.1, 0.15) is 49.4 Å². The van der Waals surface area contributed by atoms with Gasteiger partial charge in [-0.3, -0.25) is 4.79 Å². The summed E-state index contributed by atoms with van der Waals surface area (Å²) in [7, 11) is -2.12. The highest BCUT2D eigenvalue weighted by Crippen LogP contribution is 2.23. The summed E-state index contributed by atoms with van der Waals surface area (Å²) in [5, 5.41) is 3.26. The Bertz CT molecular complexity index is 1450. The molecule has 10 nitrogen and oxygen atoms in total. The molecule has 0 spiro atoms. The molecule has 3 rings (SSSR count). The number of methoxy groups -OCH3 is 1. The van der Waals surface area contributed by atoms with Crippen molar-refractivity contribution in [3.05, 3.63) is 78.3 Å². The predicted octanol–water partition coefficient (Wildman–Crippen LogP) is 4.47. The van der Waals surface area contributed by atoms with Gasteiger partial charge in [0.05, 0.1) is 24.0 Å². The number of halogens is 1. The highest BCUT2D eigenvalue weighted by Gasteiger charge is 2.14. The highest BCUT2D eigenvalue weighted by molar-refractivity contribution is 7.89. The summed E-state index contributed by atoms with van der Waals surface area (Å²) in [4.78, 5) is 21.0. The van der Waals surface area contributed by atoms with Crippen LogP contribution in [0.5, 0.6) is 5.75 Å². The van der Waals surface area contributed by atoms with Crippen molar-refractivity contribution < 1.29 is 17.9 Å². The number of nitrogens with two attached hydrogens (primary N) is 1. The topological polar surface area (TPSA) is 141 Å². The molecular formula is C28H35ClN6O4S. The van der Waals surface area contributed by atoms with E-state index in [1.807, 2.05) is 10.6 Å². The van der Waals surface area contributed by atoms with Gasteiger partial charge in [-0.05, 0) is 55.2 Å². The van der Waals surface area contributed by atoms with Gasteiger partial charge in [-0.2, -0.15) is 0 Å². The zero-order valence-electron chi connectivity index (χ0n) is 22.7. The first kappa shape index (κ1) is 30.9. The molecule has 0 saturated carbocycles. The second kappa shape index (κ2) is 14.6. The zero-order valence-corrected chi connectivity index (χ0v) is 24.3. The normalized spacial score (nSPS) is 11.8. The van der Waals surface area contributed by atoms with Gasteiger partial charge in [-0.1, -0.05) is 48.9 Å². The molecule has 1 aromatic heterocycles. The number of benzene rings is 2. The van der Waals surface area contributed by atoms with Gasteiger partial charge >= 0.3 is 0 Å². The number of nitrogens with zero attached hydrogens (tertiary/aromatic N) is 3. The van der Waals surface area contributed by atoms with Gasteiger partial charge in [0.25, 0.3) is 0 Å². The molecule has 40 heavy (non-hydrogen) atoms. The van der Waals surface area contributed by atoms with Gasteiger partial charge < -0.3 is 20.4 Å². The molecule has 3 aromatic rings. The van der Waals surface area contributed by atoms with E-state index in [9.17, 15) is 13.2 Å². The zero-order chi connectivity index (χ0) is 29.1. The van der Waals surface area contributed by atoms with E-state index in [0.717, 1.165) is 30.4 Å². The molecular weight excluding hydrogens is 552 g/mol. The summed E-state index contributed by atoms with van der Waals surface area (Å²) in [5.41, 5.74) is 8.22. The van der Waals surface area contributed by atoms with Crippen LogP contribution in [0.3, 0.4) is 0 Å². The Kier molecular flexibility index (Phi) is 11.3. The molecule has 0 radical (unpaired) electrons. The fourth-order valence-electron chi connectivity index (χ4n) is 3.89. The number of unbranched alkanes of at least 4 members (excludes halogenated alkanes) is 2. The predicted molar refractivity (Wildman–Crippen MR) is 158 cm³/mol. The largest absolute Gasteiger partial charge is 0.497 e. The minimum absolute atomic E-state index is 0.0657. The number of ether oxygens (including phenoxy) is 1. The summed E-state index contributed by atoms with van der Waals surface area (Å²) < 4.78 is 35.0. The van der Waals surface area contributed by atoms with Crippen LogP contribution < -0.4 is 20.5 Å². The lowest BCUT2D eigenvalue weighted by atomic mass is 10.1. The fraction of sp³-hybridized carbons (Fsp3) is 0.321. The lowest BCUT2D eigenvalue weighted by Crippen LogP contribution is -2.24. The van der Waals surface area contributed by atoms with Crippen LogP contribution in [0.15, 0.2) is 71.3 Å². The van der Waals surface area contributed by atoms with Gasteiger partial charge in [0.1, 0.15) is 16.6 Å². The first-order chi connectivity index (χ1) is 19.1. The molecule has 2 aromatic carbocycles. The lowest BCUT2D eigenvalue weighted by molar-refractivity contribution is -0.121. The molecule has 214 valence electrons. The van der Waals surface area contributed by atoms with Crippen LogP contribution in [-0.4, -0.2) is 36.2 Å². The highest BCUT2D eigenvalue weighted by atomic mass is 35.5. The van der Waals surface area contributed by atoms with Gasteiger partial charge in [-0.15, -0.1) is 0 Å². The number of imidazole rings is 1. The van der Waals surface area contributed by atoms with Crippen LogP contribution in [0.25, 0.3) is 5.70 Å². The monoisotopic (exact) mass is 586 g/mol. The average molecular weight is 587 g/mol. The van der Waals surface area contributed by atoms with Crippen molar-refractivity contribution in [3.63, 3.8) is 0 Å². The number of hydrogen-bond donors (Lipinski definition) is 3. The minimum Gasteiger partial charge on any atom is -0.497 e. The Morgan fingerprint density at radius 3 is 2.55 bits per heavy atom. The molecule has 0 fully saturated rings. The molecule has 0 atom stereocenters. The van der Waals surface area contributed by atoms with Gasteiger partial charge in [0.2, 0.25) is 15.9 Å². The smallest absolute Gasteiger partial charge is 0.240 e. The Balaban J connectivity index is 1.40. The number of aromatic nitrogens is 2. The van der Waals surface area contributed by atoms with Crippen molar-refractivity contribution in [2.45, 2.75) is 57.1 Å². The number of carbonyl (C=O) groups excluding carboxylic acids is 1. The van der Waals surface area contributed by atoms with E-state index in [0.29, 0.717) is 47.6 Å². The maximum absolute atomic E-state index is 12.7. The summed E-state index contributed by atoms with van der Waals surface area (Å²) in [6, 6.07) is 13.6. The van der Waals surface area contributed by atoms with Crippen molar-refractivity contribution in [1.82, 2.24) is 19.6 Å². The molecule has 12 heteroatoms. The first-order valence-electron chi connectivity index (χ1n) is 12.8. The number of aliphatic imine (C=N–C) groups is 1. The second-order valence-corrected chi connectivity index (χ2v) is 11.5. The van der Waals surface area contributed by atoms with Gasteiger partial charge in [-0.25, -0.2) is 23.1 Å². The molecule has 0 aliphatic carbocycles. The van der Waals surface area contributed by atoms with E-state index >= 15 is 0 Å². The summed E-state index contributed by atoms with van der Waals surface area (Å²) in [6.45, 7) is 6.53. The average Bonchev–Trinajstić information content (AvgIpc) is 3.32. The van der Waals surface area contributed by atoms with Gasteiger partial charge in [0, 0.05) is 26.1 Å². The van der Waals surface area contributed by atoms with E-state index < -0.39 is 10.0 Å². The minimum atomic E-state index is -3.68. The van der Waals surface area contributed by atoms with Crippen LogP contribution in [0.2, 0.25) is 0 Å².